The Morgan fingerprint density at radius 1 is 1.16 bits per heavy atom. The van der Waals surface area contributed by atoms with Crippen molar-refractivity contribution in [3.8, 4) is 16.9 Å². The van der Waals surface area contributed by atoms with Gasteiger partial charge in [-0.2, -0.15) is 9.78 Å². The zero-order valence-electron chi connectivity index (χ0n) is 15.9. The second kappa shape index (κ2) is 8.87. The fourth-order valence-electron chi connectivity index (χ4n) is 2.76. The molecule has 9 nitrogen and oxygen atoms in total. The molecule has 0 fully saturated rings. The maximum absolute atomic E-state index is 12.6. The highest BCUT2D eigenvalue weighted by Crippen LogP contribution is 2.27. The molecule has 0 aliphatic rings. The number of carbonyl (C=O) groups is 1. The third-order valence-corrected chi connectivity index (χ3v) is 5.83. The topological polar surface area (TPSA) is 120 Å². The predicted molar refractivity (Wildman–Crippen MR) is 122 cm³/mol. The van der Waals surface area contributed by atoms with Crippen LogP contribution >= 0.6 is 34.5 Å². The van der Waals surface area contributed by atoms with Crippen LogP contribution in [-0.4, -0.2) is 25.6 Å². The van der Waals surface area contributed by atoms with E-state index >= 15 is 0 Å². The number of anilines is 1. The van der Waals surface area contributed by atoms with Gasteiger partial charge in [0.15, 0.2) is 5.13 Å². The number of carbonyl (C=O) groups excluding carboxylic acids is 1. The molecule has 2 aromatic carbocycles. The van der Waals surface area contributed by atoms with Crippen molar-refractivity contribution < 1.29 is 9.72 Å². The zero-order valence-corrected chi connectivity index (χ0v) is 18.2. The van der Waals surface area contributed by atoms with Gasteiger partial charge >= 0.3 is 0 Å². The summed E-state index contributed by atoms with van der Waals surface area (Å²) in [6.45, 7) is 0. The van der Waals surface area contributed by atoms with Crippen LogP contribution < -0.4 is 10.9 Å². The first-order valence-corrected chi connectivity index (χ1v) is 10.5. The second-order valence-corrected chi connectivity index (χ2v) is 8.01. The monoisotopic (exact) mass is 487 g/mol. The average molecular weight is 488 g/mol. The first-order chi connectivity index (χ1) is 15.3. The van der Waals surface area contributed by atoms with Gasteiger partial charge < -0.3 is 0 Å². The quantitative estimate of drug-likeness (QED) is 0.318. The molecule has 0 aliphatic carbocycles. The summed E-state index contributed by atoms with van der Waals surface area (Å²) in [5.41, 5.74) is 1.19. The van der Waals surface area contributed by atoms with Crippen LogP contribution in [0.25, 0.3) is 16.9 Å². The highest BCUT2D eigenvalue weighted by atomic mass is 35.5. The van der Waals surface area contributed by atoms with E-state index in [2.05, 4.69) is 15.4 Å². The summed E-state index contributed by atoms with van der Waals surface area (Å²) in [5.74, 6) is -0.411. The van der Waals surface area contributed by atoms with Crippen molar-refractivity contribution >= 4 is 51.3 Å². The molecule has 0 saturated carbocycles. The highest BCUT2D eigenvalue weighted by molar-refractivity contribution is 7.14. The first kappa shape index (κ1) is 21.6. The average Bonchev–Trinajstić information content (AvgIpc) is 3.26. The number of nitrogens with zero attached hydrogens (tertiary/aromatic N) is 4. The number of hydrogen-bond donors (Lipinski definition) is 1. The number of nitrogens with one attached hydrogen (secondary N) is 1. The van der Waals surface area contributed by atoms with Gasteiger partial charge in [-0.25, -0.2) is 4.98 Å². The van der Waals surface area contributed by atoms with E-state index in [9.17, 15) is 19.7 Å². The van der Waals surface area contributed by atoms with Crippen molar-refractivity contribution in [3.05, 3.63) is 96.2 Å². The van der Waals surface area contributed by atoms with E-state index in [4.69, 9.17) is 23.2 Å². The molecule has 0 atom stereocenters. The molecule has 0 spiro atoms. The lowest BCUT2D eigenvalue weighted by Crippen LogP contribution is -2.21. The van der Waals surface area contributed by atoms with Crippen LogP contribution in [0.15, 0.2) is 64.9 Å². The number of rotatable bonds is 5. The molecule has 4 rings (SSSR count). The van der Waals surface area contributed by atoms with Gasteiger partial charge in [0.1, 0.15) is 5.02 Å². The molecular formula is C20H11Cl2N5O4S. The van der Waals surface area contributed by atoms with Crippen molar-refractivity contribution in [1.82, 2.24) is 14.8 Å². The van der Waals surface area contributed by atoms with E-state index < -0.39 is 16.4 Å². The first-order valence-electron chi connectivity index (χ1n) is 8.89. The van der Waals surface area contributed by atoms with Crippen LogP contribution in [0.4, 0.5) is 10.8 Å². The van der Waals surface area contributed by atoms with E-state index in [1.165, 1.54) is 41.8 Å². The Kier molecular flexibility index (Phi) is 5.99. The molecule has 0 unspecified atom stereocenters. The normalized spacial score (nSPS) is 10.7. The number of nitro groups is 1. The van der Waals surface area contributed by atoms with Crippen LogP contribution in [0, 0.1) is 10.1 Å². The van der Waals surface area contributed by atoms with Gasteiger partial charge in [0.25, 0.3) is 17.2 Å². The number of benzene rings is 2. The molecule has 1 amide bonds. The summed E-state index contributed by atoms with van der Waals surface area (Å²) >= 11 is 12.8. The summed E-state index contributed by atoms with van der Waals surface area (Å²) in [5, 5.41) is 19.5. The summed E-state index contributed by atoms with van der Waals surface area (Å²) in [6, 6.07) is 12.2. The zero-order chi connectivity index (χ0) is 22.8. The fourth-order valence-corrected chi connectivity index (χ4v) is 3.73. The lowest BCUT2D eigenvalue weighted by Gasteiger charge is -2.07. The number of halogens is 2. The standard InChI is InChI=1S/C20H11Cl2N5O4S/c21-15-9-23-26(19(29)17(15)22)13-6-4-11(5-7-13)18(28)25-20-24-16(10-32-20)12-2-1-3-14(8-12)27(30)31/h1-10H,(H,24,25,28). The molecular weight excluding hydrogens is 477 g/mol. The minimum absolute atomic E-state index is 0.0447. The molecule has 0 aliphatic heterocycles. The van der Waals surface area contributed by atoms with E-state index in [0.717, 1.165) is 4.68 Å². The summed E-state index contributed by atoms with van der Waals surface area (Å²) in [7, 11) is 0. The lowest BCUT2D eigenvalue weighted by atomic mass is 10.1. The Morgan fingerprint density at radius 2 is 1.91 bits per heavy atom. The van der Waals surface area contributed by atoms with E-state index in [0.29, 0.717) is 27.6 Å². The number of thiazole rings is 1. The smallest absolute Gasteiger partial charge is 0.291 e. The van der Waals surface area contributed by atoms with Crippen LogP contribution in [0.2, 0.25) is 10.0 Å². The molecule has 0 saturated heterocycles. The van der Waals surface area contributed by atoms with Crippen LogP contribution in [-0.2, 0) is 0 Å². The maximum Gasteiger partial charge on any atom is 0.291 e. The molecule has 0 radical (unpaired) electrons. The van der Waals surface area contributed by atoms with E-state index in [1.54, 1.807) is 29.6 Å². The van der Waals surface area contributed by atoms with Crippen molar-refractivity contribution in [1.29, 1.82) is 0 Å². The van der Waals surface area contributed by atoms with Crippen LogP contribution in [0.5, 0.6) is 0 Å². The van der Waals surface area contributed by atoms with Crippen LogP contribution in [0.1, 0.15) is 10.4 Å². The van der Waals surface area contributed by atoms with Gasteiger partial charge in [0.2, 0.25) is 0 Å². The third kappa shape index (κ3) is 4.37. The SMILES string of the molecule is O=C(Nc1nc(-c2cccc([N+](=O)[O-])c2)cs1)c1ccc(-n2ncc(Cl)c(Cl)c2=O)cc1. The summed E-state index contributed by atoms with van der Waals surface area (Å²) in [6.07, 6.45) is 1.26. The molecule has 2 aromatic heterocycles. The third-order valence-electron chi connectivity index (χ3n) is 4.33. The Balaban J connectivity index is 1.51. The van der Waals surface area contributed by atoms with Crippen molar-refractivity contribution in [2.24, 2.45) is 0 Å². The largest absolute Gasteiger partial charge is 0.298 e. The molecule has 12 heteroatoms. The van der Waals surface area contributed by atoms with Crippen molar-refractivity contribution in [2.75, 3.05) is 5.32 Å². The minimum Gasteiger partial charge on any atom is -0.298 e. The molecule has 32 heavy (non-hydrogen) atoms. The highest BCUT2D eigenvalue weighted by Gasteiger charge is 2.14. The molecule has 1 N–H and O–H groups in total. The summed E-state index contributed by atoms with van der Waals surface area (Å²) < 4.78 is 1.07. The number of hydrogen-bond acceptors (Lipinski definition) is 7. The molecule has 2 heterocycles. The Hall–Kier alpha value is -3.60. The Labute approximate surface area is 194 Å². The van der Waals surface area contributed by atoms with Gasteiger partial charge in [-0.3, -0.25) is 25.0 Å². The minimum atomic E-state index is -0.576. The maximum atomic E-state index is 12.6. The van der Waals surface area contributed by atoms with Crippen molar-refractivity contribution in [2.45, 2.75) is 0 Å². The van der Waals surface area contributed by atoms with E-state index in [1.807, 2.05) is 0 Å². The number of non-ortho nitro benzene ring substituents is 1. The fraction of sp³-hybridized carbons (Fsp3) is 0. The van der Waals surface area contributed by atoms with Gasteiger partial charge in [0.05, 0.1) is 27.5 Å². The van der Waals surface area contributed by atoms with Crippen LogP contribution in [0.3, 0.4) is 0 Å². The number of amides is 1. The molecule has 0 bridgehead atoms. The van der Waals surface area contributed by atoms with Gasteiger partial charge in [-0.1, -0.05) is 35.3 Å². The van der Waals surface area contributed by atoms with E-state index in [-0.39, 0.29) is 15.7 Å². The Bertz CT molecular complexity index is 1400. The molecule has 4 aromatic rings. The van der Waals surface area contributed by atoms with Gasteiger partial charge in [-0.15, -0.1) is 11.3 Å². The number of nitro benzene ring substituents is 1. The molecule has 160 valence electrons. The van der Waals surface area contributed by atoms with Crippen molar-refractivity contribution in [3.63, 3.8) is 0 Å². The Morgan fingerprint density at radius 3 is 2.62 bits per heavy atom. The lowest BCUT2D eigenvalue weighted by molar-refractivity contribution is -0.384. The summed E-state index contributed by atoms with van der Waals surface area (Å²) in [4.78, 5) is 39.5. The van der Waals surface area contributed by atoms with Gasteiger partial charge in [0, 0.05) is 28.6 Å². The second-order valence-electron chi connectivity index (χ2n) is 6.37. The van der Waals surface area contributed by atoms with Gasteiger partial charge in [-0.05, 0) is 24.3 Å². The predicted octanol–water partition coefficient (Wildman–Crippen LogP) is 4.82. The number of aromatic nitrogens is 3.